The second-order valence-corrected chi connectivity index (χ2v) is 6.97. The molecule has 6 nitrogen and oxygen atoms in total. The minimum Gasteiger partial charge on any atom is -0.615 e. The summed E-state index contributed by atoms with van der Waals surface area (Å²) in [5.41, 5.74) is 0.835. The van der Waals surface area contributed by atoms with Crippen LogP contribution in [0.1, 0.15) is 11.1 Å². The van der Waals surface area contributed by atoms with Crippen LogP contribution in [0.3, 0.4) is 0 Å². The molecule has 0 fully saturated rings. The Bertz CT molecular complexity index is 969. The molecule has 0 bridgehead atoms. The minimum absolute atomic E-state index is 0.139. The lowest BCUT2D eigenvalue weighted by molar-refractivity contribution is -0.354. The highest BCUT2D eigenvalue weighted by atomic mass is 32.2. The number of ether oxygens (including phenoxy) is 1. The van der Waals surface area contributed by atoms with Crippen molar-refractivity contribution in [2.24, 2.45) is 4.40 Å². The summed E-state index contributed by atoms with van der Waals surface area (Å²) in [7, 11) is -2.79. The summed E-state index contributed by atoms with van der Waals surface area (Å²) in [5, 5.41) is 14.7. The van der Waals surface area contributed by atoms with Crippen LogP contribution in [0.15, 0.2) is 64.6 Å². The van der Waals surface area contributed by atoms with Crippen molar-refractivity contribution in [3.8, 4) is 0 Å². The van der Waals surface area contributed by atoms with Crippen molar-refractivity contribution in [1.29, 1.82) is 0 Å². The highest BCUT2D eigenvalue weighted by Crippen LogP contribution is 2.31. The first-order valence-electron chi connectivity index (χ1n) is 7.29. The van der Waals surface area contributed by atoms with Gasteiger partial charge in [-0.05, 0) is 30.9 Å². The fourth-order valence-electron chi connectivity index (χ4n) is 2.45. The highest BCUT2D eigenvalue weighted by molar-refractivity contribution is 7.89. The van der Waals surface area contributed by atoms with Crippen LogP contribution in [0.4, 0.5) is 10.1 Å². The predicted octanol–water partition coefficient (Wildman–Crippen LogP) is 1.75. The number of benzene rings is 2. The molecule has 8 heteroatoms. The molecule has 0 saturated carbocycles. The standard InChI is InChI=1S/C17H15FN2O4S/c1-24-17(21)16-15(13-9-12(18)7-8-14(13)19-16)20-25(22,23)10-11-5-3-2-4-6-11/h2-9,19,21H,10H2,1H3/p-1/b17-16?,20-15+. The van der Waals surface area contributed by atoms with E-state index in [9.17, 15) is 17.9 Å². The predicted molar refractivity (Wildman–Crippen MR) is 89.7 cm³/mol. The van der Waals surface area contributed by atoms with Crippen LogP contribution in [0.2, 0.25) is 0 Å². The molecule has 0 amide bonds. The smallest absolute Gasteiger partial charge is 0.257 e. The first-order valence-corrected chi connectivity index (χ1v) is 8.90. The van der Waals surface area contributed by atoms with Crippen molar-refractivity contribution in [3.05, 3.63) is 77.1 Å². The van der Waals surface area contributed by atoms with Gasteiger partial charge < -0.3 is 15.2 Å². The SMILES string of the molecule is COC([O-])=C1Nc2ccc(F)cc2/C1=N\S(=O)(=O)Cc1ccccc1. The van der Waals surface area contributed by atoms with E-state index in [2.05, 4.69) is 14.5 Å². The number of fused-ring (bicyclic) bond motifs is 1. The average Bonchev–Trinajstić information content (AvgIpc) is 2.92. The number of halogens is 1. The topological polar surface area (TPSA) is 90.8 Å². The number of sulfonamides is 1. The molecule has 1 aliphatic rings. The van der Waals surface area contributed by atoms with Crippen LogP contribution in [-0.2, 0) is 20.5 Å². The fourth-order valence-corrected chi connectivity index (χ4v) is 3.60. The van der Waals surface area contributed by atoms with Gasteiger partial charge in [0.2, 0.25) is 0 Å². The van der Waals surface area contributed by atoms with Gasteiger partial charge in [0, 0.05) is 11.3 Å². The molecule has 0 aliphatic carbocycles. The third-order valence-electron chi connectivity index (χ3n) is 3.54. The maximum atomic E-state index is 13.6. The molecule has 0 aromatic heterocycles. The molecular formula is C17H14FN2O4S-. The Hall–Kier alpha value is -2.87. The molecule has 130 valence electrons. The summed E-state index contributed by atoms with van der Waals surface area (Å²) in [5.74, 6) is -1.69. The van der Waals surface area contributed by atoms with Gasteiger partial charge >= 0.3 is 0 Å². The van der Waals surface area contributed by atoms with E-state index in [1.54, 1.807) is 30.3 Å². The lowest BCUT2D eigenvalue weighted by atomic mass is 10.1. The summed E-state index contributed by atoms with van der Waals surface area (Å²) in [4.78, 5) is 0. The molecule has 3 rings (SSSR count). The molecule has 2 aromatic carbocycles. The number of anilines is 1. The third-order valence-corrected chi connectivity index (χ3v) is 4.70. The van der Waals surface area contributed by atoms with E-state index < -0.39 is 21.8 Å². The number of hydrogen-bond acceptors (Lipinski definition) is 5. The Balaban J connectivity index is 2.08. The zero-order valence-electron chi connectivity index (χ0n) is 13.2. The van der Waals surface area contributed by atoms with E-state index in [-0.39, 0.29) is 22.7 Å². The molecule has 25 heavy (non-hydrogen) atoms. The largest absolute Gasteiger partial charge is 0.615 e. The van der Waals surface area contributed by atoms with Crippen LogP contribution >= 0.6 is 0 Å². The molecule has 0 unspecified atom stereocenters. The van der Waals surface area contributed by atoms with Crippen LogP contribution in [0.5, 0.6) is 0 Å². The number of allylic oxidation sites excluding steroid dienone is 1. The van der Waals surface area contributed by atoms with E-state index in [0.29, 0.717) is 11.3 Å². The van der Waals surface area contributed by atoms with Gasteiger partial charge in [-0.1, -0.05) is 30.3 Å². The van der Waals surface area contributed by atoms with Gasteiger partial charge in [0.05, 0.1) is 17.4 Å². The van der Waals surface area contributed by atoms with E-state index in [4.69, 9.17) is 0 Å². The second kappa shape index (κ2) is 6.56. The Morgan fingerprint density at radius 2 is 1.96 bits per heavy atom. The van der Waals surface area contributed by atoms with Crippen LogP contribution in [0.25, 0.3) is 0 Å². The summed E-state index contributed by atoms with van der Waals surface area (Å²) < 4.78 is 46.8. The molecule has 0 atom stereocenters. The van der Waals surface area contributed by atoms with Gasteiger partial charge in [-0.25, -0.2) is 12.8 Å². The number of rotatable bonds is 4. The Labute approximate surface area is 144 Å². The van der Waals surface area contributed by atoms with Crippen LogP contribution in [-0.4, -0.2) is 21.2 Å². The highest BCUT2D eigenvalue weighted by Gasteiger charge is 2.27. The zero-order valence-corrected chi connectivity index (χ0v) is 14.0. The fraction of sp³-hybridized carbons (Fsp3) is 0.118. The molecule has 2 aromatic rings. The minimum atomic E-state index is -3.95. The number of hydrogen-bond donors (Lipinski definition) is 1. The maximum absolute atomic E-state index is 13.6. The number of nitrogens with zero attached hydrogens (tertiary/aromatic N) is 1. The molecule has 0 saturated heterocycles. The van der Waals surface area contributed by atoms with Gasteiger partial charge in [0.15, 0.2) is 0 Å². The second-order valence-electron chi connectivity index (χ2n) is 5.33. The molecule has 0 radical (unpaired) electrons. The summed E-state index contributed by atoms with van der Waals surface area (Å²) >= 11 is 0. The van der Waals surface area contributed by atoms with Crippen LogP contribution < -0.4 is 10.4 Å². The molecule has 1 heterocycles. The van der Waals surface area contributed by atoms with Crippen molar-refractivity contribution in [2.45, 2.75) is 5.75 Å². The van der Waals surface area contributed by atoms with Crippen molar-refractivity contribution >= 4 is 21.4 Å². The Kier molecular flexibility index (Phi) is 4.45. The monoisotopic (exact) mass is 361 g/mol. The normalized spacial score (nSPS) is 17.1. The van der Waals surface area contributed by atoms with Gasteiger partial charge in [-0.15, -0.1) is 0 Å². The molecule has 1 aliphatic heterocycles. The lowest BCUT2D eigenvalue weighted by Gasteiger charge is -2.13. The van der Waals surface area contributed by atoms with Crippen LogP contribution in [0, 0.1) is 5.82 Å². The van der Waals surface area contributed by atoms with E-state index in [0.717, 1.165) is 13.2 Å². The van der Waals surface area contributed by atoms with Gasteiger partial charge in [-0.3, -0.25) is 0 Å². The van der Waals surface area contributed by atoms with Crippen molar-refractivity contribution in [1.82, 2.24) is 0 Å². The molecule has 0 spiro atoms. The van der Waals surface area contributed by atoms with Gasteiger partial charge in [0.25, 0.3) is 10.0 Å². The van der Waals surface area contributed by atoms with E-state index in [1.165, 1.54) is 12.1 Å². The molecular weight excluding hydrogens is 347 g/mol. The van der Waals surface area contributed by atoms with E-state index in [1.807, 2.05) is 0 Å². The first kappa shape index (κ1) is 17.0. The molecule has 1 N–H and O–H groups in total. The number of methoxy groups -OCH3 is 1. The summed E-state index contributed by atoms with van der Waals surface area (Å²) in [6.45, 7) is 0. The van der Waals surface area contributed by atoms with Crippen molar-refractivity contribution in [2.75, 3.05) is 12.4 Å². The third kappa shape index (κ3) is 3.63. The zero-order chi connectivity index (χ0) is 18.0. The lowest BCUT2D eigenvalue weighted by Crippen LogP contribution is -2.18. The van der Waals surface area contributed by atoms with Gasteiger partial charge in [-0.2, -0.15) is 4.40 Å². The van der Waals surface area contributed by atoms with Gasteiger partial charge in [0.1, 0.15) is 11.5 Å². The van der Waals surface area contributed by atoms with Crippen molar-refractivity contribution < 1.29 is 22.7 Å². The van der Waals surface area contributed by atoms with Crippen molar-refractivity contribution in [3.63, 3.8) is 0 Å². The number of nitrogens with one attached hydrogen (secondary N) is 1. The average molecular weight is 361 g/mol. The Morgan fingerprint density at radius 1 is 1.24 bits per heavy atom. The van der Waals surface area contributed by atoms with E-state index >= 15 is 0 Å². The summed E-state index contributed by atoms with van der Waals surface area (Å²) in [6, 6.07) is 12.2. The summed E-state index contributed by atoms with van der Waals surface area (Å²) in [6.07, 6.45) is 0. The Morgan fingerprint density at radius 3 is 2.64 bits per heavy atom. The quantitative estimate of drug-likeness (QED) is 0.838. The first-order chi connectivity index (χ1) is 11.9. The maximum Gasteiger partial charge on any atom is 0.257 e.